The van der Waals surface area contributed by atoms with E-state index in [0.717, 1.165) is 5.56 Å². The Labute approximate surface area is 217 Å². The number of nitrogens with one attached hydrogen (secondary N) is 2. The van der Waals surface area contributed by atoms with Crippen LogP contribution in [0.15, 0.2) is 83.8 Å². The van der Waals surface area contributed by atoms with Crippen molar-refractivity contribution in [3.05, 3.63) is 90.6 Å². The molecular formula is C27H23FN6O4. The summed E-state index contributed by atoms with van der Waals surface area (Å²) in [5, 5.41) is 9.49. The standard InChI is InChI=1S/C27H23FN6O4/c1-36-21-10-11-22(24(13-21)37-2)31-27(35)30-20-8-6-17(7-9-20)14-34-15-23(29-16-34)26-32-25(33-38-26)18-4-3-5-19(28)12-18/h3-13,15-16H,14H2,1-2H3,(H2,30,31,35). The van der Waals surface area contributed by atoms with Gasteiger partial charge in [0.25, 0.3) is 5.89 Å². The summed E-state index contributed by atoms with van der Waals surface area (Å²) in [6.45, 7) is 0.535. The molecule has 5 aromatic rings. The molecule has 0 aliphatic rings. The van der Waals surface area contributed by atoms with Crippen LogP contribution in [0.2, 0.25) is 0 Å². The van der Waals surface area contributed by atoms with Gasteiger partial charge in [-0.3, -0.25) is 0 Å². The van der Waals surface area contributed by atoms with Crippen molar-refractivity contribution < 1.29 is 23.2 Å². The van der Waals surface area contributed by atoms with Crippen molar-refractivity contribution in [1.29, 1.82) is 0 Å². The van der Waals surface area contributed by atoms with E-state index in [1.807, 2.05) is 16.7 Å². The van der Waals surface area contributed by atoms with Crippen LogP contribution in [0.5, 0.6) is 11.5 Å². The van der Waals surface area contributed by atoms with Crippen LogP contribution in [-0.2, 0) is 6.54 Å². The van der Waals surface area contributed by atoms with Crippen molar-refractivity contribution in [3.8, 4) is 34.5 Å². The van der Waals surface area contributed by atoms with Gasteiger partial charge in [0.2, 0.25) is 5.82 Å². The van der Waals surface area contributed by atoms with Gasteiger partial charge in [-0.05, 0) is 42.0 Å². The molecule has 2 amide bonds. The second-order valence-electron chi connectivity index (χ2n) is 8.21. The highest BCUT2D eigenvalue weighted by molar-refractivity contribution is 6.00. The van der Waals surface area contributed by atoms with Gasteiger partial charge in [0, 0.05) is 30.1 Å². The van der Waals surface area contributed by atoms with Gasteiger partial charge < -0.3 is 29.2 Å². The van der Waals surface area contributed by atoms with Gasteiger partial charge >= 0.3 is 6.03 Å². The predicted octanol–water partition coefficient (Wildman–Crippen LogP) is 5.45. The van der Waals surface area contributed by atoms with Gasteiger partial charge in [-0.1, -0.05) is 29.4 Å². The summed E-state index contributed by atoms with van der Waals surface area (Å²) in [7, 11) is 3.08. The maximum absolute atomic E-state index is 13.5. The molecule has 38 heavy (non-hydrogen) atoms. The Morgan fingerprint density at radius 2 is 1.87 bits per heavy atom. The number of ether oxygens (including phenoxy) is 2. The number of urea groups is 1. The fourth-order valence-corrected chi connectivity index (χ4v) is 3.72. The first kappa shape index (κ1) is 24.5. The third-order valence-electron chi connectivity index (χ3n) is 5.60. The average Bonchev–Trinajstić information content (AvgIpc) is 3.60. The van der Waals surface area contributed by atoms with Crippen molar-refractivity contribution in [2.24, 2.45) is 0 Å². The molecule has 0 aliphatic heterocycles. The Hall–Kier alpha value is -5.19. The molecule has 192 valence electrons. The van der Waals surface area contributed by atoms with Crippen LogP contribution in [0.4, 0.5) is 20.6 Å². The Balaban J connectivity index is 1.19. The zero-order chi connectivity index (χ0) is 26.5. The fraction of sp³-hybridized carbons (Fsp3) is 0.111. The van der Waals surface area contributed by atoms with Gasteiger partial charge in [0.05, 0.1) is 26.2 Å². The smallest absolute Gasteiger partial charge is 0.323 e. The first-order valence-corrected chi connectivity index (χ1v) is 11.5. The van der Waals surface area contributed by atoms with Crippen molar-refractivity contribution in [3.63, 3.8) is 0 Å². The summed E-state index contributed by atoms with van der Waals surface area (Å²) >= 11 is 0. The number of aromatic nitrogens is 4. The molecule has 0 aliphatic carbocycles. The van der Waals surface area contributed by atoms with E-state index in [0.29, 0.717) is 40.7 Å². The Kier molecular flexibility index (Phi) is 6.98. The van der Waals surface area contributed by atoms with Crippen LogP contribution in [0.25, 0.3) is 23.0 Å². The lowest BCUT2D eigenvalue weighted by molar-refractivity contribution is 0.262. The summed E-state index contributed by atoms with van der Waals surface area (Å²) in [4.78, 5) is 21.1. The lowest BCUT2D eigenvalue weighted by Crippen LogP contribution is -2.19. The van der Waals surface area contributed by atoms with Crippen LogP contribution in [0.3, 0.4) is 0 Å². The zero-order valence-electron chi connectivity index (χ0n) is 20.5. The zero-order valence-corrected chi connectivity index (χ0v) is 20.5. The Morgan fingerprint density at radius 3 is 2.63 bits per heavy atom. The van der Waals surface area contributed by atoms with E-state index >= 15 is 0 Å². The number of nitrogens with zero attached hydrogens (tertiary/aromatic N) is 4. The summed E-state index contributed by atoms with van der Waals surface area (Å²) in [5.74, 6) is 1.26. The summed E-state index contributed by atoms with van der Waals surface area (Å²) in [5.41, 5.74) is 3.15. The monoisotopic (exact) mass is 514 g/mol. The minimum absolute atomic E-state index is 0.238. The van der Waals surface area contributed by atoms with Crippen molar-refractivity contribution >= 4 is 17.4 Å². The highest BCUT2D eigenvalue weighted by Gasteiger charge is 2.14. The number of methoxy groups -OCH3 is 2. The number of carbonyl (C=O) groups excluding carboxylic acids is 1. The van der Waals surface area contributed by atoms with E-state index < -0.39 is 6.03 Å². The third-order valence-corrected chi connectivity index (χ3v) is 5.60. The van der Waals surface area contributed by atoms with Gasteiger partial charge in [0.1, 0.15) is 23.0 Å². The molecular weight excluding hydrogens is 491 g/mol. The number of carbonyl (C=O) groups is 1. The maximum Gasteiger partial charge on any atom is 0.323 e. The molecule has 0 bridgehead atoms. The van der Waals surface area contributed by atoms with Gasteiger partial charge in [0.15, 0.2) is 0 Å². The van der Waals surface area contributed by atoms with E-state index in [9.17, 15) is 9.18 Å². The highest BCUT2D eigenvalue weighted by atomic mass is 19.1. The predicted molar refractivity (Wildman–Crippen MR) is 139 cm³/mol. The normalized spacial score (nSPS) is 10.7. The quantitative estimate of drug-likeness (QED) is 0.283. The van der Waals surface area contributed by atoms with Crippen LogP contribution in [-0.4, -0.2) is 39.9 Å². The minimum Gasteiger partial charge on any atom is -0.497 e. The number of anilines is 2. The first-order valence-electron chi connectivity index (χ1n) is 11.5. The van der Waals surface area contributed by atoms with E-state index in [1.54, 1.807) is 62.1 Å². The molecule has 0 fully saturated rings. The molecule has 2 N–H and O–H groups in total. The molecule has 11 heteroatoms. The molecule has 2 heterocycles. The van der Waals surface area contributed by atoms with E-state index in [2.05, 4.69) is 25.8 Å². The van der Waals surface area contributed by atoms with Crippen LogP contribution < -0.4 is 20.1 Å². The van der Waals surface area contributed by atoms with E-state index in [-0.39, 0.29) is 17.5 Å². The number of halogens is 1. The van der Waals surface area contributed by atoms with Gasteiger partial charge in [-0.15, -0.1) is 0 Å². The summed E-state index contributed by atoms with van der Waals surface area (Å²) in [6, 6.07) is 18.1. The number of rotatable bonds is 8. The topological polar surface area (TPSA) is 116 Å². The molecule has 10 nitrogen and oxygen atoms in total. The second kappa shape index (κ2) is 10.8. The Morgan fingerprint density at radius 1 is 1.03 bits per heavy atom. The molecule has 3 aromatic carbocycles. The van der Waals surface area contributed by atoms with E-state index in [1.165, 1.54) is 19.2 Å². The number of imidazole rings is 1. The highest BCUT2D eigenvalue weighted by Crippen LogP contribution is 2.29. The molecule has 0 saturated carbocycles. The average molecular weight is 515 g/mol. The molecule has 2 aromatic heterocycles. The van der Waals surface area contributed by atoms with Crippen LogP contribution in [0.1, 0.15) is 5.56 Å². The molecule has 0 atom stereocenters. The number of amides is 2. The van der Waals surface area contributed by atoms with Crippen LogP contribution in [0, 0.1) is 5.82 Å². The van der Waals surface area contributed by atoms with Crippen molar-refractivity contribution in [2.45, 2.75) is 6.54 Å². The molecule has 5 rings (SSSR count). The number of benzene rings is 3. The SMILES string of the molecule is COc1ccc(NC(=O)Nc2ccc(Cn3cnc(-c4nc(-c5cccc(F)c5)no4)c3)cc2)c(OC)c1. The molecule has 0 radical (unpaired) electrons. The first-order chi connectivity index (χ1) is 18.5. The number of hydrogen-bond acceptors (Lipinski definition) is 7. The van der Waals surface area contributed by atoms with Crippen molar-refractivity contribution in [2.75, 3.05) is 24.9 Å². The summed E-state index contributed by atoms with van der Waals surface area (Å²) in [6.07, 6.45) is 3.44. The van der Waals surface area contributed by atoms with Crippen LogP contribution >= 0.6 is 0 Å². The molecule has 0 unspecified atom stereocenters. The van der Waals surface area contributed by atoms with Gasteiger partial charge in [-0.25, -0.2) is 14.2 Å². The van der Waals surface area contributed by atoms with E-state index in [4.69, 9.17) is 14.0 Å². The van der Waals surface area contributed by atoms with Crippen molar-refractivity contribution in [1.82, 2.24) is 19.7 Å². The minimum atomic E-state index is -0.405. The lowest BCUT2D eigenvalue weighted by atomic mass is 10.2. The molecule has 0 spiro atoms. The molecule has 0 saturated heterocycles. The second-order valence-corrected chi connectivity index (χ2v) is 8.21. The number of hydrogen-bond donors (Lipinski definition) is 2. The maximum atomic E-state index is 13.5. The summed E-state index contributed by atoms with van der Waals surface area (Å²) < 4.78 is 31.1. The third kappa shape index (κ3) is 5.62. The van der Waals surface area contributed by atoms with Gasteiger partial charge in [-0.2, -0.15) is 4.98 Å². The Bertz CT molecular complexity index is 1560. The lowest BCUT2D eigenvalue weighted by Gasteiger charge is -2.12. The fourth-order valence-electron chi connectivity index (χ4n) is 3.72. The largest absolute Gasteiger partial charge is 0.497 e.